The van der Waals surface area contributed by atoms with Gasteiger partial charge in [-0.25, -0.2) is 0 Å². The average Bonchev–Trinajstić information content (AvgIpc) is 2.69. The molecular weight excluding hydrogens is 254 g/mol. The van der Waals surface area contributed by atoms with E-state index in [0.717, 1.165) is 16.9 Å². The molecule has 0 bridgehead atoms. The van der Waals surface area contributed by atoms with Crippen molar-refractivity contribution in [2.24, 2.45) is 0 Å². The third-order valence-electron chi connectivity index (χ3n) is 3.20. The normalized spacial score (nSPS) is 20.8. The molecule has 1 aliphatic rings. The summed E-state index contributed by atoms with van der Waals surface area (Å²) in [5.41, 5.74) is 0.414. The van der Waals surface area contributed by atoms with Gasteiger partial charge in [-0.3, -0.25) is 5.41 Å². The van der Waals surface area contributed by atoms with Crippen LogP contribution in [0.2, 0.25) is 0 Å². The van der Waals surface area contributed by atoms with Gasteiger partial charge in [-0.05, 0) is 31.4 Å². The lowest BCUT2D eigenvalue weighted by atomic mass is 9.95. The second kappa shape index (κ2) is 5.59. The first-order valence-electron chi connectivity index (χ1n) is 5.74. The predicted octanol–water partition coefficient (Wildman–Crippen LogP) is 2.26. The Hall–Kier alpha value is -1.26. The molecule has 1 atom stereocenters. The van der Waals surface area contributed by atoms with Gasteiger partial charge in [0.1, 0.15) is 5.75 Å². The Balaban J connectivity index is 0.00000162. The minimum absolute atomic E-state index is 0. The molecule has 0 amide bonds. The highest BCUT2D eigenvalue weighted by Gasteiger charge is 2.43. The van der Waals surface area contributed by atoms with E-state index >= 15 is 0 Å². The van der Waals surface area contributed by atoms with Crippen LogP contribution >= 0.6 is 12.4 Å². The second-order valence-corrected chi connectivity index (χ2v) is 4.11. The molecule has 2 rings (SSSR count). The van der Waals surface area contributed by atoms with Crippen LogP contribution in [0, 0.1) is 5.41 Å². The number of methoxy groups -OCH3 is 1. The summed E-state index contributed by atoms with van der Waals surface area (Å²) in [4.78, 5) is 0. The van der Waals surface area contributed by atoms with Crippen molar-refractivity contribution in [3.63, 3.8) is 0 Å². The topological polar surface area (TPSA) is 62.5 Å². The smallest absolute Gasteiger partial charge is 0.218 e. The summed E-state index contributed by atoms with van der Waals surface area (Å²) in [6.45, 7) is 2.19. The van der Waals surface area contributed by atoms with Gasteiger partial charge < -0.3 is 14.6 Å². The van der Waals surface area contributed by atoms with Gasteiger partial charge in [-0.15, -0.1) is 12.4 Å². The minimum atomic E-state index is -1.29. The Morgan fingerprint density at radius 2 is 2.22 bits per heavy atom. The predicted molar refractivity (Wildman–Crippen MR) is 71.8 cm³/mol. The lowest BCUT2D eigenvalue weighted by molar-refractivity contribution is 0.0782. The van der Waals surface area contributed by atoms with Gasteiger partial charge in [0.25, 0.3) is 0 Å². The molecule has 0 saturated heterocycles. The van der Waals surface area contributed by atoms with Crippen molar-refractivity contribution >= 4 is 18.3 Å². The highest BCUT2D eigenvalue weighted by Crippen LogP contribution is 2.41. The van der Waals surface area contributed by atoms with Gasteiger partial charge in [-0.2, -0.15) is 0 Å². The Kier molecular flexibility index (Phi) is 4.59. The third kappa shape index (κ3) is 2.18. The van der Waals surface area contributed by atoms with E-state index < -0.39 is 5.60 Å². The lowest BCUT2D eigenvalue weighted by Crippen LogP contribution is -2.34. The van der Waals surface area contributed by atoms with Crippen LogP contribution in [-0.2, 0) is 16.8 Å². The fourth-order valence-corrected chi connectivity index (χ4v) is 2.34. The number of hydrogen-bond acceptors (Lipinski definition) is 4. The standard InChI is InChI=1S/C13H17NO3.ClH/c1-3-17-12(14)13(15)8-7-9-10(13)5-4-6-11(9)16-2;/h4-6,14-15H,3,7-8H2,1-2H3;1H. The molecule has 0 aromatic heterocycles. The molecule has 0 aliphatic heterocycles. The Morgan fingerprint density at radius 3 is 2.83 bits per heavy atom. The summed E-state index contributed by atoms with van der Waals surface area (Å²) in [7, 11) is 1.61. The van der Waals surface area contributed by atoms with Gasteiger partial charge in [0.15, 0.2) is 5.60 Å². The zero-order valence-electron chi connectivity index (χ0n) is 10.5. The van der Waals surface area contributed by atoms with Gasteiger partial charge >= 0.3 is 0 Å². The van der Waals surface area contributed by atoms with E-state index in [4.69, 9.17) is 14.9 Å². The monoisotopic (exact) mass is 271 g/mol. The van der Waals surface area contributed by atoms with Gasteiger partial charge in [0.2, 0.25) is 5.90 Å². The molecule has 18 heavy (non-hydrogen) atoms. The number of aliphatic hydroxyl groups is 1. The van der Waals surface area contributed by atoms with Crippen LogP contribution in [0.3, 0.4) is 0 Å². The van der Waals surface area contributed by atoms with E-state index in [9.17, 15) is 5.11 Å². The Bertz CT molecular complexity index is 450. The number of rotatable bonds is 3. The van der Waals surface area contributed by atoms with Gasteiger partial charge in [0.05, 0.1) is 13.7 Å². The summed E-state index contributed by atoms with van der Waals surface area (Å²) in [5, 5.41) is 18.4. The van der Waals surface area contributed by atoms with E-state index in [2.05, 4.69) is 0 Å². The van der Waals surface area contributed by atoms with E-state index in [1.165, 1.54) is 0 Å². The Morgan fingerprint density at radius 1 is 1.50 bits per heavy atom. The summed E-state index contributed by atoms with van der Waals surface area (Å²) in [6, 6.07) is 5.53. The molecule has 0 heterocycles. The molecule has 1 aromatic carbocycles. The summed E-state index contributed by atoms with van der Waals surface area (Å²) < 4.78 is 10.4. The van der Waals surface area contributed by atoms with E-state index in [1.807, 2.05) is 18.2 Å². The molecular formula is C13H18ClNO3. The third-order valence-corrected chi connectivity index (χ3v) is 3.20. The fraction of sp³-hybridized carbons (Fsp3) is 0.462. The van der Waals surface area contributed by atoms with E-state index in [-0.39, 0.29) is 18.3 Å². The van der Waals surface area contributed by atoms with Crippen molar-refractivity contribution in [3.05, 3.63) is 29.3 Å². The number of fused-ring (bicyclic) bond motifs is 1. The molecule has 4 nitrogen and oxygen atoms in total. The first-order chi connectivity index (χ1) is 8.13. The molecule has 1 unspecified atom stereocenters. The number of benzene rings is 1. The molecule has 1 aliphatic carbocycles. The minimum Gasteiger partial charge on any atom is -0.496 e. The molecule has 5 heteroatoms. The molecule has 0 saturated carbocycles. The van der Waals surface area contributed by atoms with Crippen LogP contribution in [-0.4, -0.2) is 24.7 Å². The van der Waals surface area contributed by atoms with Gasteiger partial charge in [-0.1, -0.05) is 12.1 Å². The quantitative estimate of drug-likeness (QED) is 0.655. The summed E-state index contributed by atoms with van der Waals surface area (Å²) in [6.07, 6.45) is 1.17. The van der Waals surface area contributed by atoms with Crippen LogP contribution in [0.25, 0.3) is 0 Å². The highest BCUT2D eigenvalue weighted by molar-refractivity contribution is 5.85. The van der Waals surface area contributed by atoms with Crippen molar-refractivity contribution in [2.75, 3.05) is 13.7 Å². The molecule has 0 radical (unpaired) electrons. The lowest BCUT2D eigenvalue weighted by Gasteiger charge is -2.24. The van der Waals surface area contributed by atoms with Crippen molar-refractivity contribution in [3.8, 4) is 5.75 Å². The maximum atomic E-state index is 10.6. The largest absolute Gasteiger partial charge is 0.496 e. The average molecular weight is 272 g/mol. The van der Waals surface area contributed by atoms with Crippen molar-refractivity contribution in [1.82, 2.24) is 0 Å². The van der Waals surface area contributed by atoms with E-state index in [1.54, 1.807) is 14.0 Å². The Labute approximate surface area is 113 Å². The van der Waals surface area contributed by atoms with Crippen LogP contribution in [0.5, 0.6) is 5.75 Å². The maximum Gasteiger partial charge on any atom is 0.218 e. The van der Waals surface area contributed by atoms with Crippen LogP contribution in [0.15, 0.2) is 18.2 Å². The molecule has 0 fully saturated rings. The first kappa shape index (κ1) is 14.8. The second-order valence-electron chi connectivity index (χ2n) is 4.11. The SMILES string of the molecule is CCOC(=N)C1(O)CCc2c(OC)cccc21.Cl. The molecule has 100 valence electrons. The van der Waals surface area contributed by atoms with Crippen molar-refractivity contribution in [1.29, 1.82) is 5.41 Å². The van der Waals surface area contributed by atoms with Crippen LogP contribution in [0.1, 0.15) is 24.5 Å². The zero-order valence-corrected chi connectivity index (χ0v) is 11.3. The first-order valence-corrected chi connectivity index (χ1v) is 5.74. The van der Waals surface area contributed by atoms with Crippen LogP contribution in [0.4, 0.5) is 0 Å². The number of nitrogens with one attached hydrogen (secondary N) is 1. The zero-order chi connectivity index (χ0) is 12.5. The number of halogens is 1. The summed E-state index contributed by atoms with van der Waals surface area (Å²) >= 11 is 0. The molecule has 1 aromatic rings. The van der Waals surface area contributed by atoms with Crippen molar-refractivity contribution in [2.45, 2.75) is 25.4 Å². The maximum absolute atomic E-state index is 10.6. The molecule has 2 N–H and O–H groups in total. The van der Waals surface area contributed by atoms with E-state index in [0.29, 0.717) is 19.4 Å². The van der Waals surface area contributed by atoms with Crippen molar-refractivity contribution < 1.29 is 14.6 Å². The van der Waals surface area contributed by atoms with Crippen LogP contribution < -0.4 is 4.74 Å². The molecule has 0 spiro atoms. The number of ether oxygens (including phenoxy) is 2. The summed E-state index contributed by atoms with van der Waals surface area (Å²) in [5.74, 6) is 0.690. The fourth-order valence-electron chi connectivity index (χ4n) is 2.34. The number of hydrogen-bond donors (Lipinski definition) is 2. The highest BCUT2D eigenvalue weighted by atomic mass is 35.5. The van der Waals surface area contributed by atoms with Gasteiger partial charge in [0, 0.05) is 5.56 Å².